The molecule has 0 bridgehead atoms. The molecular formula is C18H22N2O4. The lowest BCUT2D eigenvalue weighted by molar-refractivity contribution is -0.141. The Kier molecular flexibility index (Phi) is 5.89. The van der Waals surface area contributed by atoms with Gasteiger partial charge in [0, 0.05) is 12.1 Å². The summed E-state index contributed by atoms with van der Waals surface area (Å²) < 4.78 is 9.28. The maximum Gasteiger partial charge on any atom is 0.307 e. The Morgan fingerprint density at radius 1 is 0.833 bits per heavy atom. The zero-order chi connectivity index (χ0) is 17.7. The van der Waals surface area contributed by atoms with E-state index in [4.69, 9.17) is 11.5 Å². The molecule has 6 nitrogen and oxygen atoms in total. The summed E-state index contributed by atoms with van der Waals surface area (Å²) in [5.74, 6) is -0.682. The summed E-state index contributed by atoms with van der Waals surface area (Å²) in [5, 5.41) is 1.98. The van der Waals surface area contributed by atoms with Crippen LogP contribution in [0.2, 0.25) is 0 Å². The van der Waals surface area contributed by atoms with Gasteiger partial charge in [-0.3, -0.25) is 9.59 Å². The highest BCUT2D eigenvalue weighted by atomic mass is 16.5. The normalized spacial score (nSPS) is 13.3. The Morgan fingerprint density at radius 2 is 1.21 bits per heavy atom. The average molecular weight is 330 g/mol. The largest absolute Gasteiger partial charge is 0.469 e. The summed E-state index contributed by atoms with van der Waals surface area (Å²) in [4.78, 5) is 22.7. The lowest BCUT2D eigenvalue weighted by Gasteiger charge is -2.14. The number of carbonyl (C=O) groups excluding carboxylic acids is 2. The topological polar surface area (TPSA) is 105 Å². The van der Waals surface area contributed by atoms with E-state index < -0.39 is 12.1 Å². The van der Waals surface area contributed by atoms with Crippen molar-refractivity contribution in [1.29, 1.82) is 0 Å². The summed E-state index contributed by atoms with van der Waals surface area (Å²) >= 11 is 0. The smallest absolute Gasteiger partial charge is 0.307 e. The Labute approximate surface area is 140 Å². The third-order valence-electron chi connectivity index (χ3n) is 3.97. The van der Waals surface area contributed by atoms with Gasteiger partial charge >= 0.3 is 11.9 Å². The van der Waals surface area contributed by atoms with Gasteiger partial charge in [0.25, 0.3) is 0 Å². The summed E-state index contributed by atoms with van der Waals surface area (Å²) in [6.07, 6.45) is 0.258. The molecule has 0 aliphatic heterocycles. The summed E-state index contributed by atoms with van der Waals surface area (Å²) in [7, 11) is 2.68. The van der Waals surface area contributed by atoms with Gasteiger partial charge in [-0.25, -0.2) is 0 Å². The molecule has 2 rings (SSSR count). The molecule has 24 heavy (non-hydrogen) atoms. The molecular weight excluding hydrogens is 308 g/mol. The van der Waals surface area contributed by atoms with Crippen molar-refractivity contribution in [2.75, 3.05) is 14.2 Å². The first-order valence-electron chi connectivity index (χ1n) is 7.63. The van der Waals surface area contributed by atoms with Gasteiger partial charge in [0.15, 0.2) is 0 Å². The van der Waals surface area contributed by atoms with Gasteiger partial charge in [-0.1, -0.05) is 24.3 Å². The van der Waals surface area contributed by atoms with Crippen LogP contribution in [0.5, 0.6) is 0 Å². The zero-order valence-corrected chi connectivity index (χ0v) is 13.8. The summed E-state index contributed by atoms with van der Waals surface area (Å²) in [6.45, 7) is 0. The summed E-state index contributed by atoms with van der Waals surface area (Å²) in [5.41, 5.74) is 13.8. The van der Waals surface area contributed by atoms with E-state index in [2.05, 4.69) is 9.47 Å². The van der Waals surface area contributed by atoms with Crippen LogP contribution in [0.4, 0.5) is 0 Å². The molecule has 0 aromatic heterocycles. The van der Waals surface area contributed by atoms with Gasteiger partial charge in [0.2, 0.25) is 0 Å². The number of esters is 2. The molecule has 0 fully saturated rings. The molecule has 0 saturated carbocycles. The fourth-order valence-electron chi connectivity index (χ4n) is 2.51. The molecule has 0 saturated heterocycles. The van der Waals surface area contributed by atoms with Crippen molar-refractivity contribution in [3.05, 3.63) is 47.5 Å². The number of rotatable bonds is 6. The number of carbonyl (C=O) groups is 2. The molecule has 2 aromatic rings. The maximum absolute atomic E-state index is 11.3. The van der Waals surface area contributed by atoms with E-state index in [1.54, 1.807) is 0 Å². The molecule has 2 atom stereocenters. The van der Waals surface area contributed by atoms with Crippen molar-refractivity contribution >= 4 is 22.7 Å². The Balaban J connectivity index is 2.21. The highest BCUT2D eigenvalue weighted by Crippen LogP contribution is 2.25. The average Bonchev–Trinajstić information content (AvgIpc) is 2.60. The quantitative estimate of drug-likeness (QED) is 0.785. The SMILES string of the molecule is COC(=O)C[C@@H](N)c1ccc2cc([C@H](N)CC(=O)OC)ccc2c1. The minimum atomic E-state index is -0.414. The maximum atomic E-state index is 11.3. The molecule has 0 radical (unpaired) electrons. The van der Waals surface area contributed by atoms with E-state index in [0.717, 1.165) is 21.9 Å². The van der Waals surface area contributed by atoms with Crippen LogP contribution in [0.1, 0.15) is 36.1 Å². The molecule has 0 spiro atoms. The van der Waals surface area contributed by atoms with Gasteiger partial charge in [-0.15, -0.1) is 0 Å². The van der Waals surface area contributed by atoms with Crippen LogP contribution in [0, 0.1) is 0 Å². The second kappa shape index (κ2) is 7.90. The van der Waals surface area contributed by atoms with Crippen LogP contribution in [0.3, 0.4) is 0 Å². The van der Waals surface area contributed by atoms with Crippen LogP contribution >= 0.6 is 0 Å². The van der Waals surface area contributed by atoms with Gasteiger partial charge in [-0.05, 0) is 34.0 Å². The van der Waals surface area contributed by atoms with Gasteiger partial charge in [-0.2, -0.15) is 0 Å². The Hall–Kier alpha value is -2.44. The van der Waals surface area contributed by atoms with Crippen molar-refractivity contribution in [1.82, 2.24) is 0 Å². The van der Waals surface area contributed by atoms with Crippen LogP contribution in [0.15, 0.2) is 36.4 Å². The molecule has 128 valence electrons. The van der Waals surface area contributed by atoms with Crippen molar-refractivity contribution in [3.8, 4) is 0 Å². The Bertz CT molecular complexity index is 682. The summed E-state index contributed by atoms with van der Waals surface area (Å²) in [6, 6.07) is 10.7. The van der Waals surface area contributed by atoms with E-state index in [1.165, 1.54) is 14.2 Å². The van der Waals surface area contributed by atoms with Crippen molar-refractivity contribution < 1.29 is 19.1 Å². The van der Waals surface area contributed by atoms with E-state index in [-0.39, 0.29) is 24.8 Å². The monoisotopic (exact) mass is 330 g/mol. The standard InChI is InChI=1S/C18H22N2O4/c1-23-17(21)9-15(19)13-5-3-12-8-14(6-4-11(12)7-13)16(20)10-18(22)24-2/h3-8,15-16H,9-10,19-20H2,1-2H3/t15-,16-/m1/s1. The van der Waals surface area contributed by atoms with Crippen LogP contribution in [-0.4, -0.2) is 26.2 Å². The predicted octanol–water partition coefficient (Wildman–Crippen LogP) is 1.97. The molecule has 0 aliphatic rings. The first-order chi connectivity index (χ1) is 11.4. The first kappa shape index (κ1) is 17.9. The Morgan fingerprint density at radius 3 is 1.54 bits per heavy atom. The fourth-order valence-corrected chi connectivity index (χ4v) is 2.51. The second-order valence-corrected chi connectivity index (χ2v) is 5.64. The van der Waals surface area contributed by atoms with Gasteiger partial charge < -0.3 is 20.9 Å². The van der Waals surface area contributed by atoms with Gasteiger partial charge in [0.05, 0.1) is 27.1 Å². The number of hydrogen-bond donors (Lipinski definition) is 2. The van der Waals surface area contributed by atoms with E-state index in [9.17, 15) is 9.59 Å². The first-order valence-corrected chi connectivity index (χ1v) is 7.63. The van der Waals surface area contributed by atoms with Crippen molar-refractivity contribution in [2.24, 2.45) is 11.5 Å². The lowest BCUT2D eigenvalue weighted by Crippen LogP contribution is -2.16. The molecule has 6 heteroatoms. The number of benzene rings is 2. The number of ether oxygens (including phenoxy) is 2. The molecule has 0 heterocycles. The van der Waals surface area contributed by atoms with Crippen LogP contribution in [0.25, 0.3) is 10.8 Å². The fraction of sp³-hybridized carbons (Fsp3) is 0.333. The number of fused-ring (bicyclic) bond motifs is 1. The molecule has 2 aromatic carbocycles. The third kappa shape index (κ3) is 4.31. The highest BCUT2D eigenvalue weighted by Gasteiger charge is 2.14. The van der Waals surface area contributed by atoms with Gasteiger partial charge in [0.1, 0.15) is 0 Å². The van der Waals surface area contributed by atoms with Crippen molar-refractivity contribution in [3.63, 3.8) is 0 Å². The number of nitrogens with two attached hydrogens (primary N) is 2. The highest BCUT2D eigenvalue weighted by molar-refractivity contribution is 5.84. The third-order valence-corrected chi connectivity index (χ3v) is 3.97. The van der Waals surface area contributed by atoms with Crippen LogP contribution < -0.4 is 11.5 Å². The van der Waals surface area contributed by atoms with Crippen molar-refractivity contribution in [2.45, 2.75) is 24.9 Å². The molecule has 0 aliphatic carbocycles. The zero-order valence-electron chi connectivity index (χ0n) is 13.8. The second-order valence-electron chi connectivity index (χ2n) is 5.64. The van der Waals surface area contributed by atoms with E-state index in [1.807, 2.05) is 36.4 Å². The number of methoxy groups -OCH3 is 2. The predicted molar refractivity (Wildman–Crippen MR) is 91.1 cm³/mol. The molecule has 0 unspecified atom stereocenters. The minimum Gasteiger partial charge on any atom is -0.469 e. The van der Waals surface area contributed by atoms with E-state index in [0.29, 0.717) is 0 Å². The molecule has 4 N–H and O–H groups in total. The molecule has 0 amide bonds. The lowest BCUT2D eigenvalue weighted by atomic mass is 9.97. The minimum absolute atomic E-state index is 0.129. The number of hydrogen-bond acceptors (Lipinski definition) is 6. The van der Waals surface area contributed by atoms with Crippen LogP contribution in [-0.2, 0) is 19.1 Å². The van der Waals surface area contributed by atoms with E-state index >= 15 is 0 Å².